The van der Waals surface area contributed by atoms with Gasteiger partial charge in [0, 0.05) is 57.9 Å². The maximum Gasteiger partial charge on any atom is 0.321 e. The van der Waals surface area contributed by atoms with Crippen LogP contribution in [-0.4, -0.2) is 16.8 Å². The third-order valence-corrected chi connectivity index (χ3v) is 4.24. The Bertz CT molecular complexity index is 869. The van der Waals surface area contributed by atoms with E-state index in [1.165, 1.54) is 12.1 Å². The highest BCUT2D eigenvalue weighted by molar-refractivity contribution is 14.1. The molecule has 0 aliphatic heterocycles. The molecule has 144 valence electrons. The summed E-state index contributed by atoms with van der Waals surface area (Å²) >= 11 is 0.957. The first-order valence-corrected chi connectivity index (χ1v) is 9.10. The normalized spacial score (nSPS) is 11.2. The van der Waals surface area contributed by atoms with Gasteiger partial charge in [0.1, 0.15) is 11.6 Å². The summed E-state index contributed by atoms with van der Waals surface area (Å²) in [6.07, 6.45) is 0.258. The van der Waals surface area contributed by atoms with Crippen LogP contribution in [0.3, 0.4) is 0 Å². The second-order valence-corrected chi connectivity index (χ2v) is 7.13. The summed E-state index contributed by atoms with van der Waals surface area (Å²) in [4.78, 5) is 27.9. The van der Waals surface area contributed by atoms with Gasteiger partial charge in [0.15, 0.2) is 0 Å². The topological polar surface area (TPSA) is 71.1 Å². The number of hydrogen-bond acceptors (Lipinski definition) is 3. The van der Waals surface area contributed by atoms with E-state index in [0.29, 0.717) is 5.69 Å². The van der Waals surface area contributed by atoms with Crippen molar-refractivity contribution in [2.24, 2.45) is 0 Å². The number of aromatic nitrogens is 1. The van der Waals surface area contributed by atoms with Crippen molar-refractivity contribution >= 4 is 40.2 Å². The molecule has 2 aromatic rings. The van der Waals surface area contributed by atoms with E-state index in [1.807, 2.05) is 0 Å². The highest BCUT2D eigenvalue weighted by Gasteiger charge is 2.27. The molecular formula is C18H17F3IN3O2. The van der Waals surface area contributed by atoms with Crippen LogP contribution < -0.4 is 10.6 Å². The number of carbonyl (C=O) groups excluding carboxylic acids is 2. The number of halogens is 4. The Kier molecular flexibility index (Phi) is 6.79. The second-order valence-electron chi connectivity index (χ2n) is 5.77. The zero-order valence-corrected chi connectivity index (χ0v) is 16.7. The maximum absolute atomic E-state index is 13.9. The third-order valence-electron chi connectivity index (χ3n) is 3.62. The molecule has 0 saturated carbocycles. The fourth-order valence-corrected chi connectivity index (χ4v) is 2.59. The molecule has 0 spiro atoms. The van der Waals surface area contributed by atoms with Crippen molar-refractivity contribution in [1.29, 1.82) is 0 Å². The number of pyridine rings is 1. The zero-order valence-electron chi connectivity index (χ0n) is 14.6. The SMILES string of the molecule is CCC(=O)Nc1cc(C(=O)NCc2cc(C(F)(F)I)ccc2F)cc(C)n1. The average Bonchev–Trinajstić information content (AvgIpc) is 2.59. The van der Waals surface area contributed by atoms with Gasteiger partial charge in [-0.25, -0.2) is 9.37 Å². The first kappa shape index (κ1) is 21.1. The molecule has 1 aromatic carbocycles. The second kappa shape index (κ2) is 8.68. The van der Waals surface area contributed by atoms with Gasteiger partial charge in [0.25, 0.3) is 5.91 Å². The van der Waals surface area contributed by atoms with Crippen molar-refractivity contribution < 1.29 is 22.8 Å². The minimum Gasteiger partial charge on any atom is -0.348 e. The summed E-state index contributed by atoms with van der Waals surface area (Å²) < 4.78 is 37.5. The van der Waals surface area contributed by atoms with Crippen LogP contribution in [0, 0.1) is 12.7 Å². The van der Waals surface area contributed by atoms with Crippen LogP contribution in [0.25, 0.3) is 0 Å². The van der Waals surface area contributed by atoms with Crippen molar-refractivity contribution in [1.82, 2.24) is 10.3 Å². The van der Waals surface area contributed by atoms with Gasteiger partial charge in [-0.2, -0.15) is 8.78 Å². The number of aryl methyl sites for hydroxylation is 1. The largest absolute Gasteiger partial charge is 0.348 e. The van der Waals surface area contributed by atoms with Crippen molar-refractivity contribution in [3.05, 3.63) is 58.5 Å². The highest BCUT2D eigenvalue weighted by atomic mass is 127. The molecule has 1 heterocycles. The molecule has 2 amide bonds. The van der Waals surface area contributed by atoms with E-state index in [2.05, 4.69) is 15.6 Å². The number of benzene rings is 1. The third kappa shape index (κ3) is 5.91. The van der Waals surface area contributed by atoms with E-state index in [4.69, 9.17) is 0 Å². The lowest BCUT2D eigenvalue weighted by atomic mass is 10.1. The summed E-state index contributed by atoms with van der Waals surface area (Å²) in [5, 5.41) is 5.05. The maximum atomic E-state index is 13.9. The van der Waals surface area contributed by atoms with Gasteiger partial charge in [0.05, 0.1) is 0 Å². The number of amides is 2. The molecule has 5 nitrogen and oxygen atoms in total. The molecule has 0 atom stereocenters. The molecule has 0 radical (unpaired) electrons. The van der Waals surface area contributed by atoms with Crippen LogP contribution in [0.1, 0.15) is 40.5 Å². The van der Waals surface area contributed by atoms with Gasteiger partial charge in [-0.05, 0) is 37.3 Å². The Hall–Kier alpha value is -2.17. The summed E-state index contributed by atoms with van der Waals surface area (Å²) in [5.74, 6) is -1.26. The number of rotatable bonds is 6. The van der Waals surface area contributed by atoms with Gasteiger partial charge in [-0.1, -0.05) is 6.92 Å². The fourth-order valence-electron chi connectivity index (χ4n) is 2.26. The number of anilines is 1. The van der Waals surface area contributed by atoms with Crippen LogP contribution in [0.4, 0.5) is 19.0 Å². The zero-order chi connectivity index (χ0) is 20.2. The van der Waals surface area contributed by atoms with Gasteiger partial charge >= 0.3 is 3.93 Å². The molecule has 27 heavy (non-hydrogen) atoms. The van der Waals surface area contributed by atoms with Crippen LogP contribution >= 0.6 is 22.6 Å². The van der Waals surface area contributed by atoms with E-state index in [0.717, 1.165) is 40.8 Å². The number of nitrogens with zero attached hydrogens (tertiary/aromatic N) is 1. The van der Waals surface area contributed by atoms with Gasteiger partial charge in [-0.3, -0.25) is 9.59 Å². The number of hydrogen-bond donors (Lipinski definition) is 2. The Morgan fingerprint density at radius 1 is 1.22 bits per heavy atom. The van der Waals surface area contributed by atoms with Crippen LogP contribution in [0.2, 0.25) is 0 Å². The molecule has 2 N–H and O–H groups in total. The Labute approximate surface area is 167 Å². The van der Waals surface area contributed by atoms with Crippen LogP contribution in [0.5, 0.6) is 0 Å². The summed E-state index contributed by atoms with van der Waals surface area (Å²) in [6, 6.07) is 5.86. The molecule has 0 unspecified atom stereocenters. The Morgan fingerprint density at radius 2 is 1.93 bits per heavy atom. The minimum atomic E-state index is -3.14. The molecule has 2 rings (SSSR count). The van der Waals surface area contributed by atoms with Crippen LogP contribution in [0.15, 0.2) is 30.3 Å². The molecule has 0 aliphatic rings. The van der Waals surface area contributed by atoms with E-state index < -0.39 is 15.7 Å². The first-order valence-electron chi connectivity index (χ1n) is 8.02. The van der Waals surface area contributed by atoms with Crippen LogP contribution in [-0.2, 0) is 15.3 Å². The molecule has 0 saturated heterocycles. The predicted octanol–water partition coefficient (Wildman–Crippen LogP) is 4.29. The van der Waals surface area contributed by atoms with E-state index in [-0.39, 0.29) is 41.4 Å². The average molecular weight is 491 g/mol. The summed E-state index contributed by atoms with van der Waals surface area (Å²) in [6.45, 7) is 3.08. The lowest BCUT2D eigenvalue weighted by Gasteiger charge is -2.12. The van der Waals surface area contributed by atoms with E-state index in [1.54, 1.807) is 13.8 Å². The molecule has 1 aromatic heterocycles. The van der Waals surface area contributed by atoms with Gasteiger partial charge < -0.3 is 10.6 Å². The van der Waals surface area contributed by atoms with Gasteiger partial charge in [-0.15, -0.1) is 0 Å². The number of carbonyl (C=O) groups is 2. The fraction of sp³-hybridized carbons (Fsp3) is 0.278. The number of nitrogens with one attached hydrogen (secondary N) is 2. The molecule has 9 heteroatoms. The minimum absolute atomic E-state index is 0.0533. The smallest absolute Gasteiger partial charge is 0.321 e. The summed E-state index contributed by atoms with van der Waals surface area (Å²) in [7, 11) is 0. The monoisotopic (exact) mass is 491 g/mol. The number of alkyl halides is 3. The van der Waals surface area contributed by atoms with Crippen molar-refractivity contribution in [2.75, 3.05) is 5.32 Å². The van der Waals surface area contributed by atoms with Crippen molar-refractivity contribution in [3.8, 4) is 0 Å². The first-order chi connectivity index (χ1) is 12.6. The lowest BCUT2D eigenvalue weighted by Crippen LogP contribution is -2.24. The highest BCUT2D eigenvalue weighted by Crippen LogP contribution is 2.35. The van der Waals surface area contributed by atoms with Crippen molar-refractivity contribution in [3.63, 3.8) is 0 Å². The predicted molar refractivity (Wildman–Crippen MR) is 103 cm³/mol. The molecule has 0 bridgehead atoms. The molecule has 0 fully saturated rings. The quantitative estimate of drug-likeness (QED) is 0.468. The molecular weight excluding hydrogens is 474 g/mol. The van der Waals surface area contributed by atoms with Gasteiger partial charge in [0.2, 0.25) is 5.91 Å². The lowest BCUT2D eigenvalue weighted by molar-refractivity contribution is -0.115. The standard InChI is InChI=1S/C18H17F3IN3O2/c1-3-16(26)25-15-8-11(6-10(2)24-15)17(27)23-9-12-7-13(18(20,21)22)4-5-14(12)19/h4-8H,3,9H2,1-2H3,(H,23,27)(H,24,25,26). The van der Waals surface area contributed by atoms with Crippen molar-refractivity contribution in [2.45, 2.75) is 30.7 Å². The van der Waals surface area contributed by atoms with E-state index in [9.17, 15) is 22.8 Å². The molecule has 0 aliphatic carbocycles. The Balaban J connectivity index is 2.15. The summed E-state index contributed by atoms with van der Waals surface area (Å²) in [5.41, 5.74) is 0.317. The Morgan fingerprint density at radius 3 is 2.56 bits per heavy atom. The van der Waals surface area contributed by atoms with E-state index >= 15 is 0 Å².